The minimum atomic E-state index is -1.07. The van der Waals surface area contributed by atoms with Crippen LogP contribution in [-0.4, -0.2) is 22.3 Å². The minimum absolute atomic E-state index is 0.0875. The first-order chi connectivity index (χ1) is 8.29. The summed E-state index contributed by atoms with van der Waals surface area (Å²) >= 11 is 0. The largest absolute Gasteiger partial charge is 0.385 e. The molecule has 2 aliphatic carbocycles. The maximum Gasteiger partial charge on any atom is 0.169 e. The maximum absolute atomic E-state index is 12.1. The molecule has 3 unspecified atom stereocenters. The summed E-state index contributed by atoms with van der Waals surface area (Å²) in [6.07, 6.45) is 1.98. The van der Waals surface area contributed by atoms with Gasteiger partial charge in [0.1, 0.15) is 0 Å². The van der Waals surface area contributed by atoms with E-state index in [1.54, 1.807) is 0 Å². The lowest BCUT2D eigenvalue weighted by Gasteiger charge is -2.44. The van der Waals surface area contributed by atoms with Gasteiger partial charge in [0.2, 0.25) is 0 Å². The third-order valence-electron chi connectivity index (χ3n) is 4.62. The molecule has 0 radical (unpaired) electrons. The molecule has 0 aliphatic heterocycles. The Morgan fingerprint density at radius 3 is 2.50 bits per heavy atom. The van der Waals surface area contributed by atoms with Gasteiger partial charge in [-0.15, -0.1) is 0 Å². The summed E-state index contributed by atoms with van der Waals surface area (Å²) in [7, 11) is 0. The van der Waals surface area contributed by atoms with E-state index in [1.165, 1.54) is 6.92 Å². The number of fused-ring (bicyclic) bond motifs is 1. The number of aliphatic hydroxyl groups is 1. The molecule has 1 N–H and O–H groups in total. The molecule has 0 aromatic heterocycles. The SMILES string of the molecule is CC(=O)C1=C2C(C)CCC(C(C)C)C2(O)CC1=O. The van der Waals surface area contributed by atoms with Crippen LogP contribution in [0.1, 0.15) is 47.0 Å². The van der Waals surface area contributed by atoms with Gasteiger partial charge in [-0.2, -0.15) is 0 Å². The Morgan fingerprint density at radius 1 is 1.39 bits per heavy atom. The Kier molecular flexibility index (Phi) is 3.22. The van der Waals surface area contributed by atoms with Crippen LogP contribution >= 0.6 is 0 Å². The van der Waals surface area contributed by atoms with Crippen molar-refractivity contribution >= 4 is 11.6 Å². The Morgan fingerprint density at radius 2 is 2.00 bits per heavy atom. The van der Waals surface area contributed by atoms with Crippen LogP contribution in [0.25, 0.3) is 0 Å². The topological polar surface area (TPSA) is 54.4 Å². The molecule has 0 spiro atoms. The molecule has 2 aliphatic rings. The second-order valence-electron chi connectivity index (χ2n) is 6.20. The highest BCUT2D eigenvalue weighted by molar-refractivity contribution is 6.22. The van der Waals surface area contributed by atoms with Crippen LogP contribution in [0.15, 0.2) is 11.1 Å². The molecule has 100 valence electrons. The van der Waals surface area contributed by atoms with Crippen LogP contribution in [0.2, 0.25) is 0 Å². The summed E-state index contributed by atoms with van der Waals surface area (Å²) in [6, 6.07) is 0. The quantitative estimate of drug-likeness (QED) is 0.765. The van der Waals surface area contributed by atoms with Gasteiger partial charge >= 0.3 is 0 Å². The molecule has 3 heteroatoms. The lowest BCUT2D eigenvalue weighted by atomic mass is 9.64. The van der Waals surface area contributed by atoms with Crippen molar-refractivity contribution in [2.75, 3.05) is 0 Å². The van der Waals surface area contributed by atoms with Crippen molar-refractivity contribution in [1.29, 1.82) is 0 Å². The lowest BCUT2D eigenvalue weighted by Crippen LogP contribution is -2.46. The van der Waals surface area contributed by atoms with E-state index in [4.69, 9.17) is 0 Å². The maximum atomic E-state index is 12.1. The van der Waals surface area contributed by atoms with Gasteiger partial charge in [-0.3, -0.25) is 9.59 Å². The molecule has 1 fully saturated rings. The minimum Gasteiger partial charge on any atom is -0.385 e. The predicted octanol–water partition coefficient (Wildman–Crippen LogP) is 2.28. The highest BCUT2D eigenvalue weighted by Crippen LogP contribution is 2.51. The van der Waals surface area contributed by atoms with Crippen LogP contribution < -0.4 is 0 Å². The zero-order valence-electron chi connectivity index (χ0n) is 11.6. The van der Waals surface area contributed by atoms with E-state index in [-0.39, 0.29) is 35.4 Å². The molecular weight excluding hydrogens is 228 g/mol. The molecule has 18 heavy (non-hydrogen) atoms. The number of allylic oxidation sites excluding steroid dienone is 1. The van der Waals surface area contributed by atoms with E-state index in [0.29, 0.717) is 5.92 Å². The van der Waals surface area contributed by atoms with Gasteiger partial charge in [0.05, 0.1) is 11.2 Å². The standard InChI is InChI=1S/C15H22O3/c1-8(2)11-6-5-9(3)14-13(10(4)16)12(17)7-15(11,14)18/h8-9,11,18H,5-7H2,1-4H3. The fourth-order valence-electron chi connectivity index (χ4n) is 3.88. The second kappa shape index (κ2) is 4.30. The van der Waals surface area contributed by atoms with Gasteiger partial charge in [-0.05, 0) is 43.1 Å². The zero-order chi connectivity index (χ0) is 13.7. The van der Waals surface area contributed by atoms with E-state index >= 15 is 0 Å². The Labute approximate surface area is 108 Å². The van der Waals surface area contributed by atoms with Crippen molar-refractivity contribution in [2.45, 2.75) is 52.6 Å². The Balaban J connectivity index is 2.56. The van der Waals surface area contributed by atoms with Crippen LogP contribution in [-0.2, 0) is 9.59 Å². The number of carbonyl (C=O) groups is 2. The van der Waals surface area contributed by atoms with Crippen molar-refractivity contribution in [3.05, 3.63) is 11.1 Å². The normalized spacial score (nSPS) is 36.2. The summed E-state index contributed by atoms with van der Waals surface area (Å²) in [6.45, 7) is 7.59. The number of rotatable bonds is 2. The van der Waals surface area contributed by atoms with E-state index in [9.17, 15) is 14.7 Å². The van der Waals surface area contributed by atoms with Gasteiger partial charge in [-0.1, -0.05) is 20.8 Å². The van der Waals surface area contributed by atoms with E-state index in [2.05, 4.69) is 13.8 Å². The molecule has 0 heterocycles. The monoisotopic (exact) mass is 250 g/mol. The summed E-state index contributed by atoms with van der Waals surface area (Å²) in [5.41, 5.74) is -0.0514. The van der Waals surface area contributed by atoms with Crippen LogP contribution in [0.4, 0.5) is 0 Å². The van der Waals surface area contributed by atoms with Gasteiger partial charge in [0, 0.05) is 6.42 Å². The van der Waals surface area contributed by atoms with Gasteiger partial charge in [0.25, 0.3) is 0 Å². The second-order valence-corrected chi connectivity index (χ2v) is 6.20. The molecule has 1 saturated carbocycles. The molecule has 0 bridgehead atoms. The van der Waals surface area contributed by atoms with Crippen molar-refractivity contribution in [3.63, 3.8) is 0 Å². The van der Waals surface area contributed by atoms with Gasteiger partial charge in [0.15, 0.2) is 11.6 Å². The number of carbonyl (C=O) groups excluding carboxylic acids is 2. The summed E-state index contributed by atoms with van der Waals surface area (Å²) < 4.78 is 0. The molecule has 0 amide bonds. The molecule has 0 saturated heterocycles. The van der Waals surface area contributed by atoms with E-state index in [0.717, 1.165) is 18.4 Å². The molecule has 2 rings (SSSR count). The van der Waals surface area contributed by atoms with E-state index < -0.39 is 5.60 Å². The first-order valence-corrected chi connectivity index (χ1v) is 6.80. The smallest absolute Gasteiger partial charge is 0.169 e. The van der Waals surface area contributed by atoms with Gasteiger partial charge < -0.3 is 5.11 Å². The number of hydrogen-bond acceptors (Lipinski definition) is 3. The number of hydrogen-bond donors (Lipinski definition) is 1. The highest BCUT2D eigenvalue weighted by atomic mass is 16.3. The van der Waals surface area contributed by atoms with Crippen LogP contribution in [0, 0.1) is 17.8 Å². The summed E-state index contributed by atoms with van der Waals surface area (Å²) in [5.74, 6) is 0.179. The lowest BCUT2D eigenvalue weighted by molar-refractivity contribution is -0.122. The third-order valence-corrected chi connectivity index (χ3v) is 4.62. The molecule has 0 aromatic rings. The predicted molar refractivity (Wildman–Crippen MR) is 69.0 cm³/mol. The molecular formula is C15H22O3. The first kappa shape index (κ1) is 13.5. The number of Topliss-reactive ketones (excluding diaryl/α,β-unsaturated/α-hetero) is 2. The fourth-order valence-corrected chi connectivity index (χ4v) is 3.88. The van der Waals surface area contributed by atoms with Crippen molar-refractivity contribution < 1.29 is 14.7 Å². The van der Waals surface area contributed by atoms with Gasteiger partial charge in [-0.25, -0.2) is 0 Å². The van der Waals surface area contributed by atoms with Crippen LogP contribution in [0.5, 0.6) is 0 Å². The van der Waals surface area contributed by atoms with E-state index in [1.807, 2.05) is 6.92 Å². The third kappa shape index (κ3) is 1.76. The highest BCUT2D eigenvalue weighted by Gasteiger charge is 2.54. The average Bonchev–Trinajstić information content (AvgIpc) is 2.49. The number of ketones is 2. The molecule has 0 aromatic carbocycles. The van der Waals surface area contributed by atoms with Crippen molar-refractivity contribution in [2.24, 2.45) is 17.8 Å². The zero-order valence-corrected chi connectivity index (χ0v) is 11.6. The summed E-state index contributed by atoms with van der Waals surface area (Å²) in [4.78, 5) is 23.7. The molecule has 3 atom stereocenters. The van der Waals surface area contributed by atoms with Crippen molar-refractivity contribution in [3.8, 4) is 0 Å². The molecule has 3 nitrogen and oxygen atoms in total. The first-order valence-electron chi connectivity index (χ1n) is 6.80. The van der Waals surface area contributed by atoms with Crippen LogP contribution in [0.3, 0.4) is 0 Å². The van der Waals surface area contributed by atoms with Crippen molar-refractivity contribution in [1.82, 2.24) is 0 Å². The fraction of sp³-hybridized carbons (Fsp3) is 0.733. The Hall–Kier alpha value is -0.960. The average molecular weight is 250 g/mol. The Bertz CT molecular complexity index is 433. The summed E-state index contributed by atoms with van der Waals surface area (Å²) in [5, 5.41) is 11.0.